The monoisotopic (exact) mass is 376 g/mol. The van der Waals surface area contributed by atoms with Gasteiger partial charge in [-0.05, 0) is 6.92 Å². The van der Waals surface area contributed by atoms with E-state index in [2.05, 4.69) is 4.74 Å². The maximum absolute atomic E-state index is 11.8. The van der Waals surface area contributed by atoms with Crippen molar-refractivity contribution in [3.8, 4) is 0 Å². The molecule has 0 aliphatic heterocycles. The molecule has 0 atom stereocenters. The summed E-state index contributed by atoms with van der Waals surface area (Å²) in [6, 6.07) is 22.7. The van der Waals surface area contributed by atoms with Crippen LogP contribution in [-0.4, -0.2) is 18.9 Å². The van der Waals surface area contributed by atoms with Crippen LogP contribution >= 0.6 is 0 Å². The van der Waals surface area contributed by atoms with Crippen LogP contribution in [0.1, 0.15) is 27.0 Å². The van der Waals surface area contributed by atoms with E-state index in [4.69, 9.17) is 0 Å². The second-order valence-corrected chi connectivity index (χ2v) is 5.41. The zero-order valence-corrected chi connectivity index (χ0v) is 15.3. The van der Waals surface area contributed by atoms with E-state index < -0.39 is 0 Å². The molecule has 4 heteroatoms. The van der Waals surface area contributed by atoms with Crippen molar-refractivity contribution >= 4 is 11.8 Å². The zero-order valence-electron chi connectivity index (χ0n) is 14.2. The van der Waals surface area contributed by atoms with E-state index in [1.807, 2.05) is 79.7 Å². The minimum atomic E-state index is -0.189. The van der Waals surface area contributed by atoms with E-state index in [0.717, 1.165) is 16.7 Å². The molecule has 0 unspecified atom stereocenters. The minimum Gasteiger partial charge on any atom is -0.644 e. The molecule has 0 spiro atoms. The standard InChI is InChI=1S/C13H11O.C8H9O2.Fe/c1-10-6-8-12(9-7-10)13(14)11-4-2-3-5-11;1-10-8(9)6-7-4-2-3-5-7;/h2-9H,1H3;2-5H,6H2,1H3;/q-5;-1;. The Kier molecular flexibility index (Phi) is 8.62. The maximum atomic E-state index is 11.8. The van der Waals surface area contributed by atoms with Crippen LogP contribution in [0.15, 0.2) is 72.8 Å². The van der Waals surface area contributed by atoms with Crippen molar-refractivity contribution < 1.29 is 31.4 Å². The average molecular weight is 376 g/mol. The molecular weight excluding hydrogens is 356 g/mol. The molecule has 3 rings (SSSR count). The summed E-state index contributed by atoms with van der Waals surface area (Å²) >= 11 is 0. The number of hydrogen-bond acceptors (Lipinski definition) is 3. The topological polar surface area (TPSA) is 43.4 Å². The first-order valence-corrected chi connectivity index (χ1v) is 7.70. The Morgan fingerprint density at radius 3 is 2.12 bits per heavy atom. The third-order valence-corrected chi connectivity index (χ3v) is 3.55. The van der Waals surface area contributed by atoms with Crippen molar-refractivity contribution in [3.63, 3.8) is 0 Å². The van der Waals surface area contributed by atoms with Crippen LogP contribution in [0.4, 0.5) is 0 Å². The predicted octanol–water partition coefficient (Wildman–Crippen LogP) is 4.06. The molecule has 0 amide bonds. The van der Waals surface area contributed by atoms with Crippen LogP contribution < -0.4 is 0 Å². The van der Waals surface area contributed by atoms with Crippen LogP contribution in [0, 0.1) is 6.92 Å². The number of carbonyl (C=O) groups is 2. The Bertz CT molecular complexity index is 754. The first-order valence-electron chi connectivity index (χ1n) is 7.70. The third-order valence-electron chi connectivity index (χ3n) is 3.55. The van der Waals surface area contributed by atoms with Crippen molar-refractivity contribution in [2.45, 2.75) is 13.3 Å². The molecule has 0 saturated carbocycles. The Hall–Kier alpha value is -2.42. The number of ether oxygens (including phenoxy) is 1. The van der Waals surface area contributed by atoms with Crippen molar-refractivity contribution in [1.82, 2.24) is 0 Å². The van der Waals surface area contributed by atoms with E-state index >= 15 is 0 Å². The molecular formula is C21H20FeO3-6. The van der Waals surface area contributed by atoms with Gasteiger partial charge in [-0.1, -0.05) is 17.7 Å². The molecule has 0 bridgehead atoms. The molecule has 0 aliphatic carbocycles. The second-order valence-electron chi connectivity index (χ2n) is 5.41. The molecule has 0 saturated heterocycles. The van der Waals surface area contributed by atoms with Gasteiger partial charge in [0.25, 0.3) is 5.97 Å². The van der Waals surface area contributed by atoms with Crippen molar-refractivity contribution in [1.29, 1.82) is 0 Å². The first kappa shape index (κ1) is 20.6. The quantitative estimate of drug-likeness (QED) is 0.299. The van der Waals surface area contributed by atoms with Crippen molar-refractivity contribution in [3.05, 3.63) is 95.1 Å². The molecule has 3 aromatic rings. The van der Waals surface area contributed by atoms with E-state index in [-0.39, 0.29) is 28.8 Å². The summed E-state index contributed by atoms with van der Waals surface area (Å²) in [5, 5.41) is 0. The second kappa shape index (κ2) is 10.4. The van der Waals surface area contributed by atoms with Gasteiger partial charge >= 0.3 is 0 Å². The Labute approximate surface area is 158 Å². The number of rotatable bonds is 4. The zero-order chi connectivity index (χ0) is 17.4. The summed E-state index contributed by atoms with van der Waals surface area (Å²) < 4.78 is 4.48. The number of ketones is 1. The molecule has 0 aromatic heterocycles. The van der Waals surface area contributed by atoms with Crippen LogP contribution in [-0.2, 0) is 33.0 Å². The Balaban J connectivity index is 0.000000254. The molecule has 0 heterocycles. The molecule has 25 heavy (non-hydrogen) atoms. The van der Waals surface area contributed by atoms with Crippen molar-refractivity contribution in [2.75, 3.05) is 7.11 Å². The van der Waals surface area contributed by atoms with Crippen molar-refractivity contribution in [2.24, 2.45) is 0 Å². The number of benzene rings is 1. The van der Waals surface area contributed by atoms with Crippen LogP contribution in [0.5, 0.6) is 0 Å². The Morgan fingerprint density at radius 1 is 1.04 bits per heavy atom. The van der Waals surface area contributed by atoms with Gasteiger partial charge in [-0.25, -0.2) is 12.1 Å². The molecule has 0 radical (unpaired) electrons. The summed E-state index contributed by atoms with van der Waals surface area (Å²) in [5.74, 6) is -0.0961. The summed E-state index contributed by atoms with van der Waals surface area (Å²) in [7, 11) is 1.39. The Morgan fingerprint density at radius 2 is 1.60 bits per heavy atom. The molecule has 0 N–H and O–H groups in total. The number of esters is 1. The summed E-state index contributed by atoms with van der Waals surface area (Å²) in [6.07, 6.45) is 0.378. The molecule has 3 aromatic carbocycles. The van der Waals surface area contributed by atoms with Gasteiger partial charge in [0.15, 0.2) is 0 Å². The maximum Gasteiger partial charge on any atom is 0.298 e. The summed E-state index contributed by atoms with van der Waals surface area (Å²) in [6.45, 7) is 2.01. The smallest absolute Gasteiger partial charge is 0.298 e. The average Bonchev–Trinajstić information content (AvgIpc) is 3.29. The fourth-order valence-corrected chi connectivity index (χ4v) is 2.17. The number of hydrogen-bond donors (Lipinski definition) is 0. The molecule has 0 fully saturated rings. The van der Waals surface area contributed by atoms with Gasteiger partial charge in [0.1, 0.15) is 0 Å². The van der Waals surface area contributed by atoms with Gasteiger partial charge in [-0.2, -0.15) is 24.3 Å². The van der Waals surface area contributed by atoms with E-state index in [1.165, 1.54) is 12.7 Å². The van der Waals surface area contributed by atoms with E-state index in [9.17, 15) is 9.59 Å². The largest absolute Gasteiger partial charge is 0.644 e. The normalized spacial score (nSPS) is 9.36. The summed E-state index contributed by atoms with van der Waals surface area (Å²) in [4.78, 5) is 22.5. The van der Waals surface area contributed by atoms with E-state index in [0.29, 0.717) is 6.42 Å². The fourth-order valence-electron chi connectivity index (χ4n) is 2.17. The van der Waals surface area contributed by atoms with E-state index in [1.54, 1.807) is 0 Å². The van der Waals surface area contributed by atoms with Crippen LogP contribution in [0.25, 0.3) is 0 Å². The van der Waals surface area contributed by atoms with Gasteiger partial charge in [-0.15, -0.1) is 5.56 Å². The van der Waals surface area contributed by atoms with Gasteiger partial charge in [0.2, 0.25) is 0 Å². The predicted molar refractivity (Wildman–Crippen MR) is 94.4 cm³/mol. The summed E-state index contributed by atoms with van der Waals surface area (Å²) in [5.41, 5.74) is 3.69. The first-order chi connectivity index (χ1) is 11.6. The van der Waals surface area contributed by atoms with Gasteiger partial charge in [0, 0.05) is 23.5 Å². The van der Waals surface area contributed by atoms with Gasteiger partial charge in [-0.3, -0.25) is 4.79 Å². The number of methoxy groups -OCH3 is 1. The van der Waals surface area contributed by atoms with Gasteiger partial charge in [0.05, 0.1) is 7.11 Å². The van der Waals surface area contributed by atoms with Crippen LogP contribution in [0.2, 0.25) is 0 Å². The number of carbonyl (C=O) groups excluding carboxylic acids is 2. The fraction of sp³-hybridized carbons (Fsp3) is 0.143. The number of aryl methyl sites for hydroxylation is 1. The SMILES string of the molecule is COC(=O)C[c-]1cccc1.Cc1ccc(C(=O)[c-]2[cH-][cH-][cH-][cH-]2)cc1.[Fe]. The molecule has 0 aliphatic rings. The van der Waals surface area contributed by atoms with Gasteiger partial charge < -0.3 is 50.7 Å². The third kappa shape index (κ3) is 6.53. The molecule has 136 valence electrons. The molecule has 3 nitrogen and oxygen atoms in total. The van der Waals surface area contributed by atoms with Crippen LogP contribution in [0.3, 0.4) is 0 Å². The minimum absolute atomic E-state index is 0.